The number of primary amides is 1. The van der Waals surface area contributed by atoms with Gasteiger partial charge in [-0.1, -0.05) is 19.1 Å². The van der Waals surface area contributed by atoms with Crippen molar-refractivity contribution in [2.75, 3.05) is 35.6 Å². The van der Waals surface area contributed by atoms with E-state index in [9.17, 15) is 19.2 Å². The molecule has 5 N–H and O–H groups in total. The smallest absolute Gasteiger partial charge is 0.250 e. The van der Waals surface area contributed by atoms with Gasteiger partial charge in [-0.25, -0.2) is 0 Å². The molecule has 0 bridgehead atoms. The molecule has 0 saturated carbocycles. The number of nitrogens with zero attached hydrogens (tertiary/aromatic N) is 1. The summed E-state index contributed by atoms with van der Waals surface area (Å²) in [7, 11) is 0. The van der Waals surface area contributed by atoms with Crippen LogP contribution in [0.4, 0.5) is 17.1 Å². The zero-order valence-electron chi connectivity index (χ0n) is 16.9. The Balaban J connectivity index is 1.90. The number of carbonyl (C=O) groups is 4. The molecule has 0 saturated heterocycles. The van der Waals surface area contributed by atoms with Crippen molar-refractivity contribution in [3.05, 3.63) is 54.1 Å². The average Bonchev–Trinajstić information content (AvgIpc) is 2.68. The molecular weight excluding hydrogens is 386 g/mol. The van der Waals surface area contributed by atoms with Gasteiger partial charge in [-0.2, -0.15) is 0 Å². The van der Waals surface area contributed by atoms with Crippen molar-refractivity contribution in [1.29, 1.82) is 0 Å². The second-order valence-corrected chi connectivity index (χ2v) is 6.57. The summed E-state index contributed by atoms with van der Waals surface area (Å²) in [5.74, 6) is -1.46. The van der Waals surface area contributed by atoms with Gasteiger partial charge in [0.25, 0.3) is 5.91 Å². The van der Waals surface area contributed by atoms with E-state index >= 15 is 0 Å². The zero-order chi connectivity index (χ0) is 22.1. The molecule has 2 rings (SSSR count). The molecule has 9 nitrogen and oxygen atoms in total. The number of hydrogen-bond donors (Lipinski definition) is 4. The van der Waals surface area contributed by atoms with Crippen molar-refractivity contribution in [1.82, 2.24) is 4.90 Å². The predicted molar refractivity (Wildman–Crippen MR) is 115 cm³/mol. The number of likely N-dealkylation sites (N-methyl/N-ethyl adjacent to an activating group) is 1. The maximum absolute atomic E-state index is 12.4. The molecule has 0 aliphatic rings. The van der Waals surface area contributed by atoms with Crippen molar-refractivity contribution in [3.8, 4) is 0 Å². The molecule has 0 heterocycles. The van der Waals surface area contributed by atoms with E-state index in [4.69, 9.17) is 5.73 Å². The fourth-order valence-corrected chi connectivity index (χ4v) is 2.72. The first kappa shape index (κ1) is 22.6. The minimum atomic E-state index is -0.637. The average molecular weight is 411 g/mol. The molecule has 9 heteroatoms. The highest BCUT2D eigenvalue weighted by Crippen LogP contribution is 2.15. The van der Waals surface area contributed by atoms with E-state index in [1.54, 1.807) is 47.4 Å². The van der Waals surface area contributed by atoms with Crippen LogP contribution in [0.5, 0.6) is 0 Å². The van der Waals surface area contributed by atoms with Crippen molar-refractivity contribution in [3.63, 3.8) is 0 Å². The summed E-state index contributed by atoms with van der Waals surface area (Å²) in [6.07, 6.45) is 0. The summed E-state index contributed by atoms with van der Waals surface area (Å²) in [6.45, 7) is 3.70. The number of nitrogens with two attached hydrogens (primary N) is 1. The van der Waals surface area contributed by atoms with Crippen molar-refractivity contribution in [2.45, 2.75) is 13.8 Å². The van der Waals surface area contributed by atoms with E-state index in [-0.39, 0.29) is 36.4 Å². The number of benzene rings is 2. The topological polar surface area (TPSA) is 134 Å². The maximum Gasteiger partial charge on any atom is 0.250 e. The Morgan fingerprint density at radius 2 is 1.37 bits per heavy atom. The summed E-state index contributed by atoms with van der Waals surface area (Å²) in [6, 6.07) is 13.2. The number of amides is 4. The Hall–Kier alpha value is -3.72. The molecule has 0 aliphatic heterocycles. The van der Waals surface area contributed by atoms with Gasteiger partial charge in [-0.15, -0.1) is 0 Å². The SMILES string of the molecule is CCN(CC(=O)Nc1ccc(NC(C)=O)cc1)CC(=O)Nc1ccccc1C(N)=O. The summed E-state index contributed by atoms with van der Waals surface area (Å²) in [4.78, 5) is 48.8. The Kier molecular flexibility index (Phi) is 8.07. The molecular formula is C21H25N5O4. The number of anilines is 3. The highest BCUT2D eigenvalue weighted by atomic mass is 16.2. The lowest BCUT2D eigenvalue weighted by Crippen LogP contribution is -2.38. The van der Waals surface area contributed by atoms with Gasteiger partial charge in [-0.3, -0.25) is 24.1 Å². The van der Waals surface area contributed by atoms with Crippen LogP contribution in [0.1, 0.15) is 24.2 Å². The summed E-state index contributed by atoms with van der Waals surface area (Å²) < 4.78 is 0. The number of rotatable bonds is 9. The van der Waals surface area contributed by atoms with Crippen LogP contribution in [0.2, 0.25) is 0 Å². The van der Waals surface area contributed by atoms with Gasteiger partial charge in [0.05, 0.1) is 24.3 Å². The van der Waals surface area contributed by atoms with Gasteiger partial charge in [0, 0.05) is 18.3 Å². The second kappa shape index (κ2) is 10.7. The molecule has 0 spiro atoms. The lowest BCUT2D eigenvalue weighted by Gasteiger charge is -2.19. The van der Waals surface area contributed by atoms with E-state index in [1.165, 1.54) is 13.0 Å². The van der Waals surface area contributed by atoms with Crippen molar-refractivity contribution < 1.29 is 19.2 Å². The van der Waals surface area contributed by atoms with Crippen LogP contribution >= 0.6 is 0 Å². The van der Waals surface area contributed by atoms with Gasteiger partial charge < -0.3 is 21.7 Å². The Morgan fingerprint density at radius 1 is 0.833 bits per heavy atom. The van der Waals surface area contributed by atoms with E-state index in [1.807, 2.05) is 6.92 Å². The lowest BCUT2D eigenvalue weighted by molar-refractivity contribution is -0.120. The molecule has 30 heavy (non-hydrogen) atoms. The number of carbonyl (C=O) groups excluding carboxylic acids is 4. The second-order valence-electron chi connectivity index (χ2n) is 6.57. The molecule has 4 amide bonds. The third-order valence-electron chi connectivity index (χ3n) is 4.14. The maximum atomic E-state index is 12.4. The quantitative estimate of drug-likeness (QED) is 0.498. The van der Waals surface area contributed by atoms with Gasteiger partial charge in [0.1, 0.15) is 0 Å². The van der Waals surface area contributed by atoms with E-state index in [0.717, 1.165) is 0 Å². The number of hydrogen-bond acceptors (Lipinski definition) is 5. The molecule has 2 aromatic rings. The third kappa shape index (κ3) is 7.02. The van der Waals surface area contributed by atoms with Crippen LogP contribution in [-0.2, 0) is 14.4 Å². The van der Waals surface area contributed by atoms with Crippen LogP contribution in [0.3, 0.4) is 0 Å². The fraction of sp³-hybridized carbons (Fsp3) is 0.238. The van der Waals surface area contributed by atoms with Gasteiger partial charge in [0.15, 0.2) is 0 Å². The fourth-order valence-electron chi connectivity index (χ4n) is 2.72. The van der Waals surface area contributed by atoms with Crippen LogP contribution in [-0.4, -0.2) is 48.2 Å². The molecule has 0 aromatic heterocycles. The monoisotopic (exact) mass is 411 g/mol. The molecule has 2 aromatic carbocycles. The number of para-hydroxylation sites is 1. The van der Waals surface area contributed by atoms with Crippen molar-refractivity contribution in [2.24, 2.45) is 5.73 Å². The van der Waals surface area contributed by atoms with E-state index in [2.05, 4.69) is 16.0 Å². The Labute approximate surface area is 174 Å². The summed E-state index contributed by atoms with van der Waals surface area (Å²) >= 11 is 0. The standard InChI is InChI=1S/C21H25N5O4/c1-3-26(13-20(29)25-18-7-5-4-6-17(18)21(22)30)12-19(28)24-16-10-8-15(9-11-16)23-14(2)27/h4-11H,3,12-13H2,1-2H3,(H2,22,30)(H,23,27)(H,24,28)(H,25,29). The third-order valence-corrected chi connectivity index (χ3v) is 4.14. The van der Waals surface area contributed by atoms with Gasteiger partial charge >= 0.3 is 0 Å². The molecule has 0 aliphatic carbocycles. The van der Waals surface area contributed by atoms with Crippen LogP contribution in [0, 0.1) is 0 Å². The molecule has 0 radical (unpaired) electrons. The van der Waals surface area contributed by atoms with Gasteiger partial charge in [-0.05, 0) is 42.9 Å². The Morgan fingerprint density at radius 3 is 1.90 bits per heavy atom. The van der Waals surface area contributed by atoms with Crippen LogP contribution in [0.15, 0.2) is 48.5 Å². The first-order chi connectivity index (χ1) is 14.3. The van der Waals surface area contributed by atoms with E-state index < -0.39 is 5.91 Å². The van der Waals surface area contributed by atoms with Gasteiger partial charge in [0.2, 0.25) is 17.7 Å². The van der Waals surface area contributed by atoms with Crippen LogP contribution < -0.4 is 21.7 Å². The molecule has 0 fully saturated rings. The predicted octanol–water partition coefficient (Wildman–Crippen LogP) is 1.64. The number of nitrogens with one attached hydrogen (secondary N) is 3. The molecule has 0 atom stereocenters. The van der Waals surface area contributed by atoms with Crippen LogP contribution in [0.25, 0.3) is 0 Å². The minimum absolute atomic E-state index is 0.00876. The first-order valence-corrected chi connectivity index (χ1v) is 9.37. The highest BCUT2D eigenvalue weighted by molar-refractivity contribution is 6.03. The van der Waals surface area contributed by atoms with Crippen molar-refractivity contribution >= 4 is 40.7 Å². The zero-order valence-corrected chi connectivity index (χ0v) is 16.9. The summed E-state index contributed by atoms with van der Waals surface area (Å²) in [5, 5.41) is 8.05. The normalized spacial score (nSPS) is 10.4. The largest absolute Gasteiger partial charge is 0.366 e. The molecule has 0 unspecified atom stereocenters. The minimum Gasteiger partial charge on any atom is -0.366 e. The molecule has 158 valence electrons. The summed E-state index contributed by atoms with van der Waals surface area (Å²) in [5.41, 5.74) is 7.06. The Bertz CT molecular complexity index is 927. The lowest BCUT2D eigenvalue weighted by atomic mass is 10.1. The first-order valence-electron chi connectivity index (χ1n) is 9.37. The highest BCUT2D eigenvalue weighted by Gasteiger charge is 2.15. The van der Waals surface area contributed by atoms with E-state index in [0.29, 0.717) is 23.6 Å².